The van der Waals surface area contributed by atoms with E-state index in [2.05, 4.69) is 10.5 Å². The van der Waals surface area contributed by atoms with E-state index in [-0.39, 0.29) is 11.8 Å². The van der Waals surface area contributed by atoms with Crippen molar-refractivity contribution in [2.24, 2.45) is 5.16 Å². The Morgan fingerprint density at radius 3 is 2.75 bits per heavy atom. The molecule has 1 saturated carbocycles. The fourth-order valence-electron chi connectivity index (χ4n) is 3.41. The van der Waals surface area contributed by atoms with Crippen molar-refractivity contribution in [2.45, 2.75) is 50.2 Å². The summed E-state index contributed by atoms with van der Waals surface area (Å²) in [5.74, 6) is -0.00428. The van der Waals surface area contributed by atoms with Crippen LogP contribution in [0.1, 0.15) is 48.2 Å². The Labute approximate surface area is 144 Å². The van der Waals surface area contributed by atoms with Gasteiger partial charge >= 0.3 is 0 Å². The van der Waals surface area contributed by atoms with Crippen molar-refractivity contribution >= 4 is 28.9 Å². The molecule has 24 heavy (non-hydrogen) atoms. The highest BCUT2D eigenvalue weighted by Crippen LogP contribution is 2.35. The number of hydrogen-bond acceptors (Lipinski definition) is 5. The third-order valence-electron chi connectivity index (χ3n) is 5.24. The number of amides is 2. The van der Waals surface area contributed by atoms with Crippen LogP contribution >= 0.6 is 11.3 Å². The third-order valence-corrected chi connectivity index (χ3v) is 6.09. The van der Waals surface area contributed by atoms with E-state index in [0.717, 1.165) is 17.7 Å². The Balaban J connectivity index is 1.31. The average Bonchev–Trinajstić information content (AvgIpc) is 3.21. The minimum absolute atomic E-state index is 0.0849. The molecule has 1 aromatic rings. The van der Waals surface area contributed by atoms with Crippen LogP contribution in [-0.2, 0) is 9.63 Å². The summed E-state index contributed by atoms with van der Waals surface area (Å²) < 4.78 is 0. The largest absolute Gasteiger partial charge is 0.388 e. The van der Waals surface area contributed by atoms with Gasteiger partial charge < -0.3 is 15.1 Å². The van der Waals surface area contributed by atoms with Gasteiger partial charge in [0.15, 0.2) is 0 Å². The smallest absolute Gasteiger partial charge is 0.269 e. The summed E-state index contributed by atoms with van der Waals surface area (Å²) >= 11 is 1.47. The first kappa shape index (κ1) is 15.6. The van der Waals surface area contributed by atoms with Gasteiger partial charge in [0.25, 0.3) is 11.8 Å². The van der Waals surface area contributed by atoms with Crippen molar-refractivity contribution in [1.29, 1.82) is 0 Å². The molecule has 0 atom stereocenters. The fourth-order valence-corrected chi connectivity index (χ4v) is 4.10. The van der Waals surface area contributed by atoms with Crippen molar-refractivity contribution in [1.82, 2.24) is 10.2 Å². The molecule has 2 fully saturated rings. The van der Waals surface area contributed by atoms with Crippen LogP contribution in [0.5, 0.6) is 0 Å². The zero-order chi connectivity index (χ0) is 16.6. The molecule has 3 aliphatic rings. The molecule has 1 aromatic heterocycles. The molecule has 0 unspecified atom stereocenters. The maximum Gasteiger partial charge on any atom is 0.269 e. The zero-order valence-corrected chi connectivity index (χ0v) is 14.3. The number of thiophene rings is 1. The molecule has 0 aromatic carbocycles. The number of nitrogens with zero attached hydrogens (tertiary/aromatic N) is 2. The number of likely N-dealkylation sites (tertiary alicyclic amines) is 1. The highest BCUT2D eigenvalue weighted by Gasteiger charge is 2.44. The summed E-state index contributed by atoms with van der Waals surface area (Å²) in [5.41, 5.74) is 0.0957. The van der Waals surface area contributed by atoms with Gasteiger partial charge in [0, 0.05) is 38.4 Å². The van der Waals surface area contributed by atoms with Crippen LogP contribution in [0.4, 0.5) is 0 Å². The van der Waals surface area contributed by atoms with Crippen LogP contribution in [0.25, 0.3) is 0 Å². The molecular formula is C17H21N3O3S. The van der Waals surface area contributed by atoms with Crippen LogP contribution in [0.2, 0.25) is 0 Å². The normalized spacial score (nSPS) is 22.7. The van der Waals surface area contributed by atoms with E-state index in [9.17, 15) is 9.59 Å². The number of rotatable bonds is 3. The number of carbonyl (C=O) groups excluding carboxylic acids is 2. The molecule has 1 aliphatic carbocycles. The first-order valence-electron chi connectivity index (χ1n) is 8.54. The Morgan fingerprint density at radius 2 is 2.12 bits per heavy atom. The molecule has 6 nitrogen and oxygen atoms in total. The zero-order valence-electron chi connectivity index (χ0n) is 13.5. The summed E-state index contributed by atoms with van der Waals surface area (Å²) in [5, 5.41) is 8.98. The second kappa shape index (κ2) is 6.20. The van der Waals surface area contributed by atoms with Crippen molar-refractivity contribution in [3.63, 3.8) is 0 Å². The number of oxime groups is 1. The highest BCUT2D eigenvalue weighted by atomic mass is 32.1. The van der Waals surface area contributed by atoms with Crippen molar-refractivity contribution in [2.75, 3.05) is 13.1 Å². The summed E-state index contributed by atoms with van der Waals surface area (Å²) in [7, 11) is 0. The lowest BCUT2D eigenvalue weighted by Crippen LogP contribution is -2.48. The SMILES string of the molecule is O=C(NC1CCC1)C1=NOC2(CCN(C(=O)c3cccs3)CC2)C1. The van der Waals surface area contributed by atoms with Gasteiger partial charge in [-0.15, -0.1) is 11.3 Å². The molecule has 2 aliphatic heterocycles. The predicted octanol–water partition coefficient (Wildman–Crippen LogP) is 2.17. The molecule has 3 heterocycles. The lowest BCUT2D eigenvalue weighted by atomic mass is 9.86. The summed E-state index contributed by atoms with van der Waals surface area (Å²) in [6.45, 7) is 1.29. The topological polar surface area (TPSA) is 71.0 Å². The molecule has 1 spiro atoms. The van der Waals surface area contributed by atoms with Gasteiger partial charge in [-0.05, 0) is 30.7 Å². The van der Waals surface area contributed by atoms with Crippen LogP contribution < -0.4 is 5.32 Å². The molecule has 0 radical (unpaired) electrons. The maximum atomic E-state index is 12.4. The average molecular weight is 347 g/mol. The standard InChI is InChI=1S/C17H21N3O3S/c21-15(18-12-3-1-4-12)13-11-17(23-19-13)6-8-20(9-7-17)16(22)14-5-2-10-24-14/h2,5,10,12H,1,3-4,6-9,11H2,(H,18,21). The molecule has 1 N–H and O–H groups in total. The van der Waals surface area contributed by atoms with Crippen molar-refractivity contribution in [3.8, 4) is 0 Å². The van der Waals surface area contributed by atoms with Crippen LogP contribution in [0, 0.1) is 0 Å². The Bertz CT molecular complexity index is 659. The minimum atomic E-state index is -0.404. The molecule has 0 bridgehead atoms. The second-order valence-corrected chi connectivity index (χ2v) is 7.81. The van der Waals surface area contributed by atoms with Crippen molar-refractivity contribution < 1.29 is 14.4 Å². The van der Waals surface area contributed by atoms with E-state index in [4.69, 9.17) is 4.84 Å². The van der Waals surface area contributed by atoms with Gasteiger partial charge in [0.2, 0.25) is 0 Å². The van der Waals surface area contributed by atoms with Crippen LogP contribution in [-0.4, -0.2) is 47.2 Å². The summed E-state index contributed by atoms with van der Waals surface area (Å²) in [6.07, 6.45) is 5.29. The lowest BCUT2D eigenvalue weighted by Gasteiger charge is -2.37. The molecule has 4 rings (SSSR count). The van der Waals surface area contributed by atoms with E-state index < -0.39 is 5.60 Å². The van der Waals surface area contributed by atoms with Gasteiger partial charge in [0.1, 0.15) is 11.3 Å². The number of nitrogens with one attached hydrogen (secondary N) is 1. The molecule has 2 amide bonds. The van der Waals surface area contributed by atoms with Gasteiger partial charge in [-0.3, -0.25) is 9.59 Å². The monoisotopic (exact) mass is 347 g/mol. The van der Waals surface area contributed by atoms with E-state index in [1.165, 1.54) is 17.8 Å². The van der Waals surface area contributed by atoms with Gasteiger partial charge in [-0.1, -0.05) is 11.2 Å². The third kappa shape index (κ3) is 2.92. The Kier molecular flexibility index (Phi) is 4.04. The Morgan fingerprint density at radius 1 is 1.33 bits per heavy atom. The summed E-state index contributed by atoms with van der Waals surface area (Å²) in [6, 6.07) is 4.06. The first-order valence-corrected chi connectivity index (χ1v) is 9.42. The summed E-state index contributed by atoms with van der Waals surface area (Å²) in [4.78, 5) is 32.9. The van der Waals surface area contributed by atoms with E-state index in [1.807, 2.05) is 22.4 Å². The number of carbonyl (C=O) groups is 2. The quantitative estimate of drug-likeness (QED) is 0.911. The minimum Gasteiger partial charge on any atom is -0.388 e. The van der Waals surface area contributed by atoms with Crippen LogP contribution in [0.15, 0.2) is 22.7 Å². The van der Waals surface area contributed by atoms with Gasteiger partial charge in [0.05, 0.1) is 4.88 Å². The number of hydrogen-bond donors (Lipinski definition) is 1. The predicted molar refractivity (Wildman–Crippen MR) is 91.1 cm³/mol. The molecule has 1 saturated heterocycles. The molecule has 128 valence electrons. The van der Waals surface area contributed by atoms with Gasteiger partial charge in [-0.2, -0.15) is 0 Å². The number of piperidine rings is 1. The van der Waals surface area contributed by atoms with Gasteiger partial charge in [-0.25, -0.2) is 0 Å². The van der Waals surface area contributed by atoms with E-state index in [0.29, 0.717) is 44.1 Å². The Hall–Kier alpha value is -1.89. The fraction of sp³-hybridized carbons (Fsp3) is 0.588. The molecule has 7 heteroatoms. The van der Waals surface area contributed by atoms with Crippen LogP contribution in [0.3, 0.4) is 0 Å². The van der Waals surface area contributed by atoms with E-state index in [1.54, 1.807) is 0 Å². The maximum absolute atomic E-state index is 12.4. The highest BCUT2D eigenvalue weighted by molar-refractivity contribution is 7.12. The molecular weight excluding hydrogens is 326 g/mol. The van der Waals surface area contributed by atoms with E-state index >= 15 is 0 Å². The lowest BCUT2D eigenvalue weighted by molar-refractivity contribution is -0.116. The van der Waals surface area contributed by atoms with Crippen molar-refractivity contribution in [3.05, 3.63) is 22.4 Å². The second-order valence-electron chi connectivity index (χ2n) is 6.86. The first-order chi connectivity index (χ1) is 11.7.